The van der Waals surface area contributed by atoms with E-state index in [0.717, 1.165) is 24.5 Å². The van der Waals surface area contributed by atoms with Gasteiger partial charge in [0.2, 0.25) is 5.88 Å². The summed E-state index contributed by atoms with van der Waals surface area (Å²) in [5.74, 6) is 1.53. The maximum Gasteiger partial charge on any atom is 0.215 e. The number of ether oxygens (including phenoxy) is 1. The van der Waals surface area contributed by atoms with Gasteiger partial charge in [-0.2, -0.15) is 4.98 Å². The van der Waals surface area contributed by atoms with Gasteiger partial charge in [0.25, 0.3) is 0 Å². The number of fused-ring (bicyclic) bond motifs is 1. The summed E-state index contributed by atoms with van der Waals surface area (Å²) < 4.78 is 5.08. The fourth-order valence-corrected chi connectivity index (χ4v) is 1.54. The number of nitrogens with one attached hydrogen (secondary N) is 2. The highest BCUT2D eigenvalue weighted by atomic mass is 16.5. The first-order chi connectivity index (χ1) is 6.79. The zero-order valence-electron chi connectivity index (χ0n) is 8.50. The second-order valence-corrected chi connectivity index (χ2v) is 3.51. The van der Waals surface area contributed by atoms with Gasteiger partial charge in [0.1, 0.15) is 0 Å². The number of hydrogen-bond donors (Lipinski definition) is 2. The average Bonchev–Trinajstić information content (AvgIpc) is 2.37. The number of rotatable bonds is 1. The van der Waals surface area contributed by atoms with Gasteiger partial charge in [-0.05, 0) is 19.4 Å². The lowest BCUT2D eigenvalue weighted by Gasteiger charge is -2.11. The number of methoxy groups -OCH3 is 1. The number of aromatic nitrogens is 1. The Morgan fingerprint density at radius 2 is 2.36 bits per heavy atom. The summed E-state index contributed by atoms with van der Waals surface area (Å²) >= 11 is 0. The van der Waals surface area contributed by atoms with Crippen LogP contribution in [-0.2, 0) is 0 Å². The molecule has 4 heteroatoms. The van der Waals surface area contributed by atoms with Crippen molar-refractivity contribution in [3.05, 3.63) is 12.1 Å². The third-order valence-corrected chi connectivity index (χ3v) is 2.35. The number of anilines is 2. The van der Waals surface area contributed by atoms with Gasteiger partial charge in [0, 0.05) is 18.7 Å². The van der Waals surface area contributed by atoms with Crippen molar-refractivity contribution in [3.8, 4) is 5.88 Å². The van der Waals surface area contributed by atoms with Crippen LogP contribution in [-0.4, -0.2) is 24.7 Å². The second-order valence-electron chi connectivity index (χ2n) is 3.51. The Labute approximate surface area is 83.7 Å². The highest BCUT2D eigenvalue weighted by molar-refractivity contribution is 5.66. The van der Waals surface area contributed by atoms with Gasteiger partial charge in [-0.1, -0.05) is 0 Å². The van der Waals surface area contributed by atoms with Crippen molar-refractivity contribution < 1.29 is 4.74 Å². The first kappa shape index (κ1) is 9.12. The van der Waals surface area contributed by atoms with Crippen LogP contribution in [0.15, 0.2) is 12.1 Å². The van der Waals surface area contributed by atoms with E-state index in [2.05, 4.69) is 22.5 Å². The fraction of sp³-hybridized carbons (Fsp3) is 0.500. The van der Waals surface area contributed by atoms with E-state index >= 15 is 0 Å². The van der Waals surface area contributed by atoms with E-state index in [1.165, 1.54) is 0 Å². The molecule has 0 amide bonds. The Bertz CT molecular complexity index is 327. The van der Waals surface area contributed by atoms with Crippen LogP contribution >= 0.6 is 0 Å². The molecule has 14 heavy (non-hydrogen) atoms. The molecular formula is C10H15N3O. The van der Waals surface area contributed by atoms with Crippen molar-refractivity contribution in [2.24, 2.45) is 0 Å². The molecule has 0 saturated carbocycles. The summed E-state index contributed by atoms with van der Waals surface area (Å²) in [5, 5.41) is 6.67. The maximum absolute atomic E-state index is 5.08. The van der Waals surface area contributed by atoms with Crippen LogP contribution in [0.2, 0.25) is 0 Å². The van der Waals surface area contributed by atoms with E-state index in [1.54, 1.807) is 7.11 Å². The molecule has 2 rings (SSSR count). The van der Waals surface area contributed by atoms with E-state index in [-0.39, 0.29) is 0 Å². The molecule has 1 aliphatic heterocycles. The SMILES string of the molecule is COc1ccc2c(n1)NC(C)CCN2. The first-order valence-electron chi connectivity index (χ1n) is 4.85. The summed E-state index contributed by atoms with van der Waals surface area (Å²) in [6, 6.07) is 4.30. The van der Waals surface area contributed by atoms with Gasteiger partial charge in [0.15, 0.2) is 5.82 Å². The van der Waals surface area contributed by atoms with Crippen molar-refractivity contribution in [1.82, 2.24) is 4.98 Å². The molecule has 4 nitrogen and oxygen atoms in total. The Morgan fingerprint density at radius 1 is 1.50 bits per heavy atom. The highest BCUT2D eigenvalue weighted by Crippen LogP contribution is 2.25. The molecule has 1 unspecified atom stereocenters. The van der Waals surface area contributed by atoms with Crippen LogP contribution in [0.4, 0.5) is 11.5 Å². The van der Waals surface area contributed by atoms with Gasteiger partial charge < -0.3 is 15.4 Å². The van der Waals surface area contributed by atoms with Crippen LogP contribution in [0.25, 0.3) is 0 Å². The van der Waals surface area contributed by atoms with Crippen LogP contribution in [0.5, 0.6) is 5.88 Å². The van der Waals surface area contributed by atoms with Crippen molar-refractivity contribution in [3.63, 3.8) is 0 Å². The number of pyridine rings is 1. The minimum absolute atomic E-state index is 0.448. The third kappa shape index (κ3) is 1.73. The molecule has 76 valence electrons. The normalized spacial score (nSPS) is 20.0. The van der Waals surface area contributed by atoms with Gasteiger partial charge >= 0.3 is 0 Å². The van der Waals surface area contributed by atoms with Crippen molar-refractivity contribution in [2.75, 3.05) is 24.3 Å². The molecule has 0 aromatic carbocycles. The Kier molecular flexibility index (Phi) is 2.43. The molecule has 1 aromatic heterocycles. The molecule has 1 atom stereocenters. The van der Waals surface area contributed by atoms with Crippen molar-refractivity contribution in [1.29, 1.82) is 0 Å². The van der Waals surface area contributed by atoms with E-state index in [4.69, 9.17) is 4.74 Å². The molecule has 0 spiro atoms. The zero-order valence-corrected chi connectivity index (χ0v) is 8.50. The molecule has 0 saturated heterocycles. The van der Waals surface area contributed by atoms with Gasteiger partial charge in [-0.25, -0.2) is 0 Å². The number of nitrogens with zero attached hydrogens (tertiary/aromatic N) is 1. The zero-order chi connectivity index (χ0) is 9.97. The highest BCUT2D eigenvalue weighted by Gasteiger charge is 2.13. The monoisotopic (exact) mass is 193 g/mol. The standard InChI is InChI=1S/C10H15N3O/c1-7-5-6-11-8-3-4-9(14-2)13-10(8)12-7/h3-4,7,11H,5-6H2,1-2H3,(H,12,13). The van der Waals surface area contributed by atoms with Crippen LogP contribution in [0.1, 0.15) is 13.3 Å². The quantitative estimate of drug-likeness (QED) is 0.712. The molecule has 1 aliphatic rings. The molecule has 0 radical (unpaired) electrons. The predicted molar refractivity (Wildman–Crippen MR) is 57.0 cm³/mol. The molecule has 0 fully saturated rings. The maximum atomic E-state index is 5.08. The van der Waals surface area contributed by atoms with E-state index in [9.17, 15) is 0 Å². The lowest BCUT2D eigenvalue weighted by Crippen LogP contribution is -2.15. The smallest absolute Gasteiger partial charge is 0.215 e. The summed E-state index contributed by atoms with van der Waals surface area (Å²) in [5.41, 5.74) is 1.05. The average molecular weight is 193 g/mol. The minimum atomic E-state index is 0.448. The summed E-state index contributed by atoms with van der Waals surface area (Å²) in [7, 11) is 1.63. The molecule has 1 aromatic rings. The largest absolute Gasteiger partial charge is 0.481 e. The first-order valence-corrected chi connectivity index (χ1v) is 4.85. The summed E-state index contributed by atoms with van der Waals surface area (Å²) in [6.45, 7) is 3.13. The molecule has 0 bridgehead atoms. The van der Waals surface area contributed by atoms with E-state index < -0.39 is 0 Å². The van der Waals surface area contributed by atoms with E-state index in [1.807, 2.05) is 12.1 Å². The predicted octanol–water partition coefficient (Wildman–Crippen LogP) is 1.71. The fourth-order valence-electron chi connectivity index (χ4n) is 1.54. The van der Waals surface area contributed by atoms with E-state index in [0.29, 0.717) is 11.9 Å². The minimum Gasteiger partial charge on any atom is -0.481 e. The lowest BCUT2D eigenvalue weighted by atomic mass is 10.2. The third-order valence-electron chi connectivity index (χ3n) is 2.35. The molecule has 0 aliphatic carbocycles. The molecule has 2 heterocycles. The van der Waals surface area contributed by atoms with Gasteiger partial charge in [0.05, 0.1) is 12.8 Å². The Morgan fingerprint density at radius 3 is 3.14 bits per heavy atom. The van der Waals surface area contributed by atoms with Gasteiger partial charge in [-0.15, -0.1) is 0 Å². The Hall–Kier alpha value is -1.45. The summed E-state index contributed by atoms with van der Waals surface area (Å²) in [6.07, 6.45) is 1.10. The topological polar surface area (TPSA) is 46.2 Å². The van der Waals surface area contributed by atoms with Crippen LogP contribution in [0, 0.1) is 0 Å². The number of hydrogen-bond acceptors (Lipinski definition) is 4. The summed E-state index contributed by atoms with van der Waals surface area (Å²) in [4.78, 5) is 4.35. The second kappa shape index (κ2) is 3.74. The lowest BCUT2D eigenvalue weighted by molar-refractivity contribution is 0.398. The van der Waals surface area contributed by atoms with Gasteiger partial charge in [-0.3, -0.25) is 0 Å². The molecule has 2 N–H and O–H groups in total. The van der Waals surface area contributed by atoms with Crippen LogP contribution < -0.4 is 15.4 Å². The molecular weight excluding hydrogens is 178 g/mol. The Balaban J connectivity index is 2.32. The van der Waals surface area contributed by atoms with Crippen molar-refractivity contribution in [2.45, 2.75) is 19.4 Å². The van der Waals surface area contributed by atoms with Crippen molar-refractivity contribution >= 4 is 11.5 Å². The van der Waals surface area contributed by atoms with Crippen LogP contribution in [0.3, 0.4) is 0 Å².